The van der Waals surface area contributed by atoms with Gasteiger partial charge in [0.15, 0.2) is 5.12 Å². The Morgan fingerprint density at radius 3 is 2.60 bits per heavy atom. The van der Waals surface area contributed by atoms with Gasteiger partial charge in [-0.05, 0) is 36.8 Å². The van der Waals surface area contributed by atoms with E-state index in [2.05, 4.69) is 10.6 Å². The molecule has 104 valence electrons. The van der Waals surface area contributed by atoms with E-state index in [9.17, 15) is 4.39 Å². The number of para-hydroxylation sites is 1. The fourth-order valence-electron chi connectivity index (χ4n) is 2.28. The lowest BCUT2D eigenvalue weighted by molar-refractivity contribution is 0.467. The van der Waals surface area contributed by atoms with E-state index in [1.807, 2.05) is 31.2 Å². The molecule has 0 aliphatic carbocycles. The number of nitrogens with one attached hydrogen (secondary N) is 2. The highest BCUT2D eigenvalue weighted by atomic mass is 32.2. The van der Waals surface area contributed by atoms with Crippen molar-refractivity contribution in [2.75, 3.05) is 5.32 Å². The largest absolute Gasteiger partial charge is 0.345 e. The molecule has 3 nitrogen and oxygen atoms in total. The van der Waals surface area contributed by atoms with Crippen molar-refractivity contribution in [3.63, 3.8) is 0 Å². The molecule has 0 saturated carbocycles. The second-order valence-corrected chi connectivity index (χ2v) is 6.16. The zero-order valence-corrected chi connectivity index (χ0v) is 11.9. The second kappa shape index (κ2) is 5.09. The molecule has 1 aliphatic heterocycles. The van der Waals surface area contributed by atoms with Crippen LogP contribution in [0.3, 0.4) is 0 Å². The molecule has 0 aromatic heterocycles. The Bertz CT molecular complexity index is 590. The molecule has 2 aromatic rings. The van der Waals surface area contributed by atoms with E-state index in [-0.39, 0.29) is 11.9 Å². The van der Waals surface area contributed by atoms with Crippen LogP contribution in [0.1, 0.15) is 18.5 Å². The van der Waals surface area contributed by atoms with Crippen LogP contribution in [0.4, 0.5) is 10.1 Å². The zero-order chi connectivity index (χ0) is 14.2. The van der Waals surface area contributed by atoms with Crippen LogP contribution in [-0.2, 0) is 0 Å². The van der Waals surface area contributed by atoms with Crippen molar-refractivity contribution in [2.45, 2.75) is 23.0 Å². The van der Waals surface area contributed by atoms with E-state index in [1.54, 1.807) is 23.9 Å². The summed E-state index contributed by atoms with van der Waals surface area (Å²) < 4.78 is 12.9. The number of anilines is 1. The number of halogens is 1. The lowest BCUT2D eigenvalue weighted by Gasteiger charge is -2.29. The number of rotatable bonds is 3. The summed E-state index contributed by atoms with van der Waals surface area (Å²) in [5, 5.41) is 5.87. The molecule has 0 saturated heterocycles. The summed E-state index contributed by atoms with van der Waals surface area (Å²) >= 11 is 1.55. The number of nitrogens with two attached hydrogens (primary N) is 1. The number of fused-ring (bicyclic) bond motifs is 1. The zero-order valence-electron chi connectivity index (χ0n) is 11.1. The van der Waals surface area contributed by atoms with E-state index < -0.39 is 5.12 Å². The van der Waals surface area contributed by atoms with Gasteiger partial charge < -0.3 is 5.32 Å². The van der Waals surface area contributed by atoms with Crippen molar-refractivity contribution in [3.8, 4) is 0 Å². The van der Waals surface area contributed by atoms with Gasteiger partial charge in [0, 0.05) is 10.9 Å². The maximum absolute atomic E-state index is 12.9. The van der Waals surface area contributed by atoms with Gasteiger partial charge in [-0.25, -0.2) is 4.39 Å². The average molecular weight is 289 g/mol. The molecule has 1 heterocycles. The van der Waals surface area contributed by atoms with Crippen molar-refractivity contribution in [1.82, 2.24) is 5.32 Å². The van der Waals surface area contributed by atoms with Crippen LogP contribution in [0.2, 0.25) is 0 Å². The highest BCUT2D eigenvalue weighted by Gasteiger charge is 2.34. The number of benzene rings is 2. The quantitative estimate of drug-likeness (QED) is 0.759. The Morgan fingerprint density at radius 2 is 1.90 bits per heavy atom. The molecule has 1 aliphatic rings. The van der Waals surface area contributed by atoms with Gasteiger partial charge in [0.1, 0.15) is 5.82 Å². The van der Waals surface area contributed by atoms with E-state index in [0.717, 1.165) is 16.1 Å². The van der Waals surface area contributed by atoms with Gasteiger partial charge >= 0.3 is 0 Å². The van der Waals surface area contributed by atoms with Crippen LogP contribution < -0.4 is 16.4 Å². The van der Waals surface area contributed by atoms with Gasteiger partial charge in [0.25, 0.3) is 0 Å². The third-order valence-electron chi connectivity index (χ3n) is 3.28. The lowest BCUT2D eigenvalue weighted by Crippen LogP contribution is -2.55. The first kappa shape index (κ1) is 13.4. The van der Waals surface area contributed by atoms with Crippen molar-refractivity contribution in [3.05, 3.63) is 59.9 Å². The van der Waals surface area contributed by atoms with Crippen LogP contribution in [-0.4, -0.2) is 5.12 Å². The van der Waals surface area contributed by atoms with E-state index in [0.29, 0.717) is 0 Å². The molecule has 2 aromatic carbocycles. The molecule has 0 bridgehead atoms. The average Bonchev–Trinajstić information content (AvgIpc) is 2.75. The molecule has 0 spiro atoms. The van der Waals surface area contributed by atoms with Crippen molar-refractivity contribution >= 4 is 17.4 Å². The summed E-state index contributed by atoms with van der Waals surface area (Å²) in [5.41, 5.74) is 8.37. The summed E-state index contributed by atoms with van der Waals surface area (Å²) in [4.78, 5) is 1.12. The van der Waals surface area contributed by atoms with Gasteiger partial charge in [0.2, 0.25) is 0 Å². The fraction of sp³-hybridized carbons (Fsp3) is 0.200. The monoisotopic (exact) mass is 289 g/mol. The maximum atomic E-state index is 12.9. The molecule has 3 rings (SSSR count). The van der Waals surface area contributed by atoms with Crippen LogP contribution in [0, 0.1) is 5.82 Å². The summed E-state index contributed by atoms with van der Waals surface area (Å²) in [6.45, 7) is 2.01. The molecular weight excluding hydrogens is 273 g/mol. The summed E-state index contributed by atoms with van der Waals surface area (Å²) in [5.74, 6) is -0.232. The van der Waals surface area contributed by atoms with E-state index >= 15 is 0 Å². The number of hydrogen-bond acceptors (Lipinski definition) is 4. The summed E-state index contributed by atoms with van der Waals surface area (Å²) in [7, 11) is 0. The molecule has 0 radical (unpaired) electrons. The Labute approximate surface area is 121 Å². The Balaban J connectivity index is 1.74. The molecule has 5 heteroatoms. The van der Waals surface area contributed by atoms with Gasteiger partial charge in [-0.1, -0.05) is 36.0 Å². The Kier molecular flexibility index (Phi) is 3.41. The van der Waals surface area contributed by atoms with Crippen molar-refractivity contribution in [2.24, 2.45) is 5.73 Å². The van der Waals surface area contributed by atoms with Crippen LogP contribution >= 0.6 is 11.8 Å². The first-order valence-corrected chi connectivity index (χ1v) is 7.26. The molecule has 0 amide bonds. The van der Waals surface area contributed by atoms with Crippen molar-refractivity contribution < 1.29 is 4.39 Å². The second-order valence-electron chi connectivity index (χ2n) is 4.88. The predicted octanol–water partition coefficient (Wildman–Crippen LogP) is 3.26. The summed E-state index contributed by atoms with van der Waals surface area (Å²) in [6, 6.07) is 14.5. The third kappa shape index (κ3) is 2.65. The Hall–Kier alpha value is -1.56. The molecule has 4 N–H and O–H groups in total. The van der Waals surface area contributed by atoms with Gasteiger partial charge in [-0.2, -0.15) is 0 Å². The molecular formula is C15H16FN3S. The van der Waals surface area contributed by atoms with E-state index in [1.165, 1.54) is 12.1 Å². The number of hydrogen-bond donors (Lipinski definition) is 3. The number of thioether (sulfide) groups is 1. The van der Waals surface area contributed by atoms with Crippen LogP contribution in [0.5, 0.6) is 0 Å². The van der Waals surface area contributed by atoms with Crippen LogP contribution in [0.25, 0.3) is 0 Å². The predicted molar refractivity (Wildman–Crippen MR) is 80.8 cm³/mol. The highest BCUT2D eigenvalue weighted by molar-refractivity contribution is 8.01. The smallest absolute Gasteiger partial charge is 0.196 e. The minimum absolute atomic E-state index is 0.00918. The van der Waals surface area contributed by atoms with Gasteiger partial charge in [-0.15, -0.1) is 0 Å². The third-order valence-corrected chi connectivity index (χ3v) is 4.40. The lowest BCUT2D eigenvalue weighted by atomic mass is 10.1. The van der Waals surface area contributed by atoms with Gasteiger partial charge in [0.05, 0.1) is 5.69 Å². The van der Waals surface area contributed by atoms with Crippen LogP contribution in [0.15, 0.2) is 53.4 Å². The van der Waals surface area contributed by atoms with E-state index in [4.69, 9.17) is 5.73 Å². The minimum Gasteiger partial charge on any atom is -0.345 e. The normalized spacial score (nSPS) is 22.1. The highest BCUT2D eigenvalue weighted by Crippen LogP contribution is 2.41. The molecule has 2 unspecified atom stereocenters. The topological polar surface area (TPSA) is 50.1 Å². The molecule has 0 fully saturated rings. The maximum Gasteiger partial charge on any atom is 0.196 e. The first-order valence-electron chi connectivity index (χ1n) is 6.44. The molecule has 20 heavy (non-hydrogen) atoms. The van der Waals surface area contributed by atoms with Crippen molar-refractivity contribution in [1.29, 1.82) is 0 Å². The summed E-state index contributed by atoms with van der Waals surface area (Å²) in [6.07, 6.45) is 0. The SMILES string of the molecule is CC(NC1(N)Nc2ccccc2S1)c1ccc(F)cc1. The molecule has 2 atom stereocenters. The standard InChI is InChI=1S/C15H16FN3S/c1-10(11-6-8-12(16)9-7-11)18-15(17)19-13-4-2-3-5-14(13)20-15/h2-10,18-19H,17H2,1H3. The van der Waals surface area contributed by atoms with Gasteiger partial charge in [-0.3, -0.25) is 11.1 Å². The first-order chi connectivity index (χ1) is 9.56. The minimum atomic E-state index is -0.752. The Morgan fingerprint density at radius 1 is 1.20 bits per heavy atom. The fourth-order valence-corrected chi connectivity index (χ4v) is 3.40.